The normalized spacial score (nSPS) is 12.9. The van der Waals surface area contributed by atoms with Gasteiger partial charge < -0.3 is 5.32 Å². The van der Waals surface area contributed by atoms with Crippen LogP contribution in [0.3, 0.4) is 0 Å². The molecule has 0 saturated heterocycles. The van der Waals surface area contributed by atoms with E-state index in [4.69, 9.17) is 21.6 Å². The van der Waals surface area contributed by atoms with Crippen LogP contribution in [0, 0.1) is 0 Å². The lowest BCUT2D eigenvalue weighted by Crippen LogP contribution is -2.07. The number of aryl methyl sites for hydroxylation is 1. The van der Waals surface area contributed by atoms with Crippen LogP contribution < -0.4 is 5.32 Å². The summed E-state index contributed by atoms with van der Waals surface area (Å²) in [7, 11) is 0. The topological polar surface area (TPSA) is 50.7 Å². The highest BCUT2D eigenvalue weighted by Gasteiger charge is 2.20. The monoisotopic (exact) mass is 336 g/mol. The third-order valence-corrected chi connectivity index (χ3v) is 4.43. The van der Waals surface area contributed by atoms with Crippen molar-refractivity contribution in [3.05, 3.63) is 70.6 Å². The lowest BCUT2D eigenvalue weighted by atomic mass is 10.2. The molecule has 4 rings (SSSR count). The zero-order chi connectivity index (χ0) is 16.4. The molecule has 1 N–H and O–H groups in total. The summed E-state index contributed by atoms with van der Waals surface area (Å²) in [6.45, 7) is 0.701. The Labute approximate surface area is 146 Å². The Morgan fingerprint density at radius 2 is 2.04 bits per heavy atom. The Kier molecular flexibility index (Phi) is 4.13. The van der Waals surface area contributed by atoms with E-state index in [1.165, 1.54) is 5.56 Å². The molecule has 120 valence electrons. The fourth-order valence-corrected chi connectivity index (χ4v) is 3.21. The lowest BCUT2D eigenvalue weighted by Gasteiger charge is -2.12. The summed E-state index contributed by atoms with van der Waals surface area (Å²) < 4.78 is 0. The molecule has 0 atom stereocenters. The molecule has 4 nitrogen and oxygen atoms in total. The fourth-order valence-electron chi connectivity index (χ4n) is 3.02. The highest BCUT2D eigenvalue weighted by molar-refractivity contribution is 6.30. The first-order valence-corrected chi connectivity index (χ1v) is 8.46. The van der Waals surface area contributed by atoms with E-state index in [1.807, 2.05) is 36.5 Å². The summed E-state index contributed by atoms with van der Waals surface area (Å²) in [6, 6.07) is 11.7. The number of fused-ring (bicyclic) bond motifs is 1. The third-order valence-electron chi connectivity index (χ3n) is 4.20. The number of aromatic nitrogens is 3. The van der Waals surface area contributed by atoms with Crippen molar-refractivity contribution < 1.29 is 0 Å². The molecule has 0 saturated carbocycles. The Hall–Kier alpha value is -2.46. The number of benzene rings is 1. The van der Waals surface area contributed by atoms with Crippen molar-refractivity contribution in [3.8, 4) is 11.4 Å². The molecule has 2 aromatic heterocycles. The van der Waals surface area contributed by atoms with Gasteiger partial charge in [-0.15, -0.1) is 0 Å². The van der Waals surface area contributed by atoms with Gasteiger partial charge in [-0.2, -0.15) is 0 Å². The predicted molar refractivity (Wildman–Crippen MR) is 96.1 cm³/mol. The van der Waals surface area contributed by atoms with Crippen LogP contribution in [-0.2, 0) is 19.4 Å². The van der Waals surface area contributed by atoms with Gasteiger partial charge in [0.15, 0.2) is 5.82 Å². The second-order valence-corrected chi connectivity index (χ2v) is 6.34. The van der Waals surface area contributed by atoms with E-state index in [9.17, 15) is 0 Å². The first kappa shape index (κ1) is 15.1. The standard InChI is InChI=1S/C19H17ClN4/c20-15-6-1-5-14(10-15)18-23-17-8-2-7-16(17)19(24-18)22-12-13-4-3-9-21-11-13/h1,3-6,9-11H,2,7-8,12H2,(H,22,23,24). The highest BCUT2D eigenvalue weighted by atomic mass is 35.5. The number of halogens is 1. The molecule has 0 fully saturated rings. The van der Waals surface area contributed by atoms with E-state index < -0.39 is 0 Å². The van der Waals surface area contributed by atoms with Crippen LogP contribution in [0.2, 0.25) is 5.02 Å². The summed E-state index contributed by atoms with van der Waals surface area (Å²) in [6.07, 6.45) is 6.81. The number of nitrogens with zero attached hydrogens (tertiary/aromatic N) is 3. The Balaban J connectivity index is 1.68. The van der Waals surface area contributed by atoms with Gasteiger partial charge in [0.2, 0.25) is 0 Å². The first-order chi connectivity index (χ1) is 11.8. The lowest BCUT2D eigenvalue weighted by molar-refractivity contribution is 0.899. The summed E-state index contributed by atoms with van der Waals surface area (Å²) in [4.78, 5) is 13.7. The van der Waals surface area contributed by atoms with Crippen LogP contribution in [0.25, 0.3) is 11.4 Å². The predicted octanol–water partition coefficient (Wildman–Crippen LogP) is 4.29. The van der Waals surface area contributed by atoms with Crippen LogP contribution in [-0.4, -0.2) is 15.0 Å². The molecule has 1 aliphatic carbocycles. The molecule has 5 heteroatoms. The maximum Gasteiger partial charge on any atom is 0.161 e. The molecular weight excluding hydrogens is 320 g/mol. The number of pyridine rings is 1. The average molecular weight is 337 g/mol. The third kappa shape index (κ3) is 3.10. The number of nitrogens with one attached hydrogen (secondary N) is 1. The molecule has 0 aliphatic heterocycles. The molecule has 0 unspecified atom stereocenters. The van der Waals surface area contributed by atoms with Crippen molar-refractivity contribution in [1.29, 1.82) is 0 Å². The quantitative estimate of drug-likeness (QED) is 0.772. The second-order valence-electron chi connectivity index (χ2n) is 5.90. The molecule has 0 spiro atoms. The molecule has 3 aromatic rings. The number of hydrogen-bond donors (Lipinski definition) is 1. The minimum Gasteiger partial charge on any atom is -0.366 e. The zero-order valence-corrected chi connectivity index (χ0v) is 13.9. The fraction of sp³-hybridized carbons (Fsp3) is 0.211. The Bertz CT molecular complexity index is 864. The minimum absolute atomic E-state index is 0.696. The van der Waals surface area contributed by atoms with Crippen LogP contribution in [0.5, 0.6) is 0 Å². The SMILES string of the molecule is Clc1cccc(-c2nc3c(c(NCc4cccnc4)n2)CCC3)c1. The van der Waals surface area contributed by atoms with Gasteiger partial charge in [0.25, 0.3) is 0 Å². The molecule has 0 radical (unpaired) electrons. The molecule has 2 heterocycles. The van der Waals surface area contributed by atoms with Crippen molar-refractivity contribution >= 4 is 17.4 Å². The van der Waals surface area contributed by atoms with Gasteiger partial charge in [0.05, 0.1) is 0 Å². The summed E-state index contributed by atoms with van der Waals surface area (Å²) in [5.41, 5.74) is 4.46. The maximum absolute atomic E-state index is 6.11. The largest absolute Gasteiger partial charge is 0.366 e. The van der Waals surface area contributed by atoms with Crippen molar-refractivity contribution in [2.75, 3.05) is 5.32 Å². The molecule has 1 aliphatic rings. The van der Waals surface area contributed by atoms with Crippen molar-refractivity contribution in [1.82, 2.24) is 15.0 Å². The van der Waals surface area contributed by atoms with Crippen molar-refractivity contribution in [2.45, 2.75) is 25.8 Å². The Morgan fingerprint density at radius 3 is 2.88 bits per heavy atom. The Morgan fingerprint density at radius 1 is 1.08 bits per heavy atom. The van der Waals surface area contributed by atoms with E-state index in [0.717, 1.165) is 47.7 Å². The van der Waals surface area contributed by atoms with Crippen LogP contribution in [0.1, 0.15) is 23.2 Å². The van der Waals surface area contributed by atoms with Gasteiger partial charge in [0.1, 0.15) is 5.82 Å². The summed E-state index contributed by atoms with van der Waals surface area (Å²) >= 11 is 6.11. The molecule has 1 aromatic carbocycles. The second kappa shape index (κ2) is 6.57. The summed E-state index contributed by atoms with van der Waals surface area (Å²) in [5.74, 6) is 1.66. The molecule has 0 bridgehead atoms. The van der Waals surface area contributed by atoms with Crippen LogP contribution >= 0.6 is 11.6 Å². The molecule has 0 amide bonds. The van der Waals surface area contributed by atoms with E-state index in [1.54, 1.807) is 6.20 Å². The average Bonchev–Trinajstić information content (AvgIpc) is 3.09. The van der Waals surface area contributed by atoms with Gasteiger partial charge in [-0.25, -0.2) is 9.97 Å². The maximum atomic E-state index is 6.11. The van der Waals surface area contributed by atoms with Crippen LogP contribution in [0.4, 0.5) is 5.82 Å². The zero-order valence-electron chi connectivity index (χ0n) is 13.2. The van der Waals surface area contributed by atoms with Crippen molar-refractivity contribution in [2.24, 2.45) is 0 Å². The molecule has 24 heavy (non-hydrogen) atoms. The van der Waals surface area contributed by atoms with E-state index >= 15 is 0 Å². The summed E-state index contributed by atoms with van der Waals surface area (Å²) in [5, 5.41) is 4.16. The molecular formula is C19H17ClN4. The highest BCUT2D eigenvalue weighted by Crippen LogP contribution is 2.30. The van der Waals surface area contributed by atoms with E-state index in [-0.39, 0.29) is 0 Å². The van der Waals surface area contributed by atoms with Gasteiger partial charge in [0, 0.05) is 40.8 Å². The number of rotatable bonds is 4. The number of anilines is 1. The minimum atomic E-state index is 0.696. The van der Waals surface area contributed by atoms with Gasteiger partial charge in [-0.05, 0) is 43.0 Å². The first-order valence-electron chi connectivity index (χ1n) is 8.08. The van der Waals surface area contributed by atoms with E-state index in [2.05, 4.69) is 16.4 Å². The van der Waals surface area contributed by atoms with Gasteiger partial charge in [-0.3, -0.25) is 4.98 Å². The van der Waals surface area contributed by atoms with Gasteiger partial charge in [-0.1, -0.05) is 29.8 Å². The number of hydrogen-bond acceptors (Lipinski definition) is 4. The van der Waals surface area contributed by atoms with E-state index in [0.29, 0.717) is 11.6 Å². The smallest absolute Gasteiger partial charge is 0.161 e. The van der Waals surface area contributed by atoms with Gasteiger partial charge >= 0.3 is 0 Å². The van der Waals surface area contributed by atoms with Crippen LogP contribution in [0.15, 0.2) is 48.8 Å². The van der Waals surface area contributed by atoms with Crippen molar-refractivity contribution in [3.63, 3.8) is 0 Å².